The molecule has 0 radical (unpaired) electrons. The van der Waals surface area contributed by atoms with Gasteiger partial charge >= 0.3 is 5.97 Å². The van der Waals surface area contributed by atoms with Crippen molar-refractivity contribution in [3.05, 3.63) is 34.3 Å². The van der Waals surface area contributed by atoms with Gasteiger partial charge in [-0.25, -0.2) is 0 Å². The van der Waals surface area contributed by atoms with Gasteiger partial charge in [0.25, 0.3) is 0 Å². The summed E-state index contributed by atoms with van der Waals surface area (Å²) in [7, 11) is 0. The van der Waals surface area contributed by atoms with Gasteiger partial charge in [-0.15, -0.1) is 0 Å². The van der Waals surface area contributed by atoms with E-state index in [4.69, 9.17) is 9.47 Å². The number of halogens is 1. The second kappa shape index (κ2) is 6.72. The third-order valence-corrected chi connectivity index (χ3v) is 4.11. The summed E-state index contributed by atoms with van der Waals surface area (Å²) in [4.78, 5) is 11.9. The summed E-state index contributed by atoms with van der Waals surface area (Å²) >= 11 is 3.40. The second-order valence-corrected chi connectivity index (χ2v) is 6.86. The smallest absolute Gasteiger partial charge is 0.313 e. The Morgan fingerprint density at radius 2 is 1.70 bits per heavy atom. The zero-order valence-electron chi connectivity index (χ0n) is 12.8. The Bertz CT molecular complexity index is 449. The maximum absolute atomic E-state index is 11.9. The van der Waals surface area contributed by atoms with Crippen molar-refractivity contribution < 1.29 is 14.3 Å². The van der Waals surface area contributed by atoms with Gasteiger partial charge in [-0.05, 0) is 51.8 Å². The van der Waals surface area contributed by atoms with Crippen molar-refractivity contribution >= 4 is 21.9 Å². The fraction of sp³-hybridized carbons (Fsp3) is 0.562. The predicted molar refractivity (Wildman–Crippen MR) is 83.3 cm³/mol. The summed E-state index contributed by atoms with van der Waals surface area (Å²) in [5.41, 5.74) is 0.0640. The van der Waals surface area contributed by atoms with Crippen LogP contribution in [0, 0.1) is 5.41 Å². The van der Waals surface area contributed by atoms with E-state index in [0.29, 0.717) is 0 Å². The number of ether oxygens (including phenoxy) is 2. The van der Waals surface area contributed by atoms with Crippen LogP contribution >= 0.6 is 15.9 Å². The molecule has 0 spiro atoms. The second-order valence-electron chi connectivity index (χ2n) is 5.95. The van der Waals surface area contributed by atoms with Crippen molar-refractivity contribution in [2.45, 2.75) is 46.6 Å². The molecule has 0 aliphatic carbocycles. The van der Waals surface area contributed by atoms with Gasteiger partial charge in [0.1, 0.15) is 0 Å². The van der Waals surface area contributed by atoms with E-state index in [1.807, 2.05) is 58.9 Å². The summed E-state index contributed by atoms with van der Waals surface area (Å²) in [6, 6.07) is 7.91. The van der Waals surface area contributed by atoms with Crippen LogP contribution < -0.4 is 0 Å². The summed E-state index contributed by atoms with van der Waals surface area (Å²) in [5, 5.41) is 0. The van der Waals surface area contributed by atoms with Crippen LogP contribution in [0.1, 0.15) is 46.6 Å². The first kappa shape index (κ1) is 17.2. The number of esters is 1. The van der Waals surface area contributed by atoms with Gasteiger partial charge in [0, 0.05) is 4.47 Å². The van der Waals surface area contributed by atoms with Crippen LogP contribution in [0.2, 0.25) is 0 Å². The lowest BCUT2D eigenvalue weighted by atomic mass is 9.91. The molecule has 0 unspecified atom stereocenters. The number of carbonyl (C=O) groups is 1. The van der Waals surface area contributed by atoms with Crippen LogP contribution in [0.25, 0.3) is 0 Å². The van der Waals surface area contributed by atoms with Gasteiger partial charge in [-0.3, -0.25) is 4.79 Å². The molecular formula is C16H23BrO3. The molecule has 0 N–H and O–H groups in total. The standard InChI is InChI=1S/C16H23BrO3/c1-6-15(2,3)14(18)19-11-20-16(4,5)12-7-9-13(17)10-8-12/h7-10H,6,11H2,1-5H3. The van der Waals surface area contributed by atoms with Crippen molar-refractivity contribution in [2.75, 3.05) is 6.79 Å². The van der Waals surface area contributed by atoms with Gasteiger partial charge in [-0.1, -0.05) is 35.0 Å². The number of hydrogen-bond acceptors (Lipinski definition) is 3. The van der Waals surface area contributed by atoms with Crippen molar-refractivity contribution in [2.24, 2.45) is 5.41 Å². The van der Waals surface area contributed by atoms with Crippen LogP contribution in [-0.2, 0) is 19.9 Å². The lowest BCUT2D eigenvalue weighted by Gasteiger charge is -2.27. The van der Waals surface area contributed by atoms with Gasteiger partial charge in [0.2, 0.25) is 0 Å². The number of hydrogen-bond donors (Lipinski definition) is 0. The third kappa shape index (κ3) is 4.60. The van der Waals surface area contributed by atoms with Gasteiger partial charge in [0.15, 0.2) is 6.79 Å². The molecule has 0 amide bonds. The molecule has 0 aliphatic rings. The Hall–Kier alpha value is -0.870. The Labute approximate surface area is 129 Å². The number of benzene rings is 1. The molecule has 0 aromatic heterocycles. The minimum absolute atomic E-state index is 0.0364. The number of rotatable bonds is 6. The SMILES string of the molecule is CCC(C)(C)C(=O)OCOC(C)(C)c1ccc(Br)cc1. The first-order valence-corrected chi connectivity index (χ1v) is 7.55. The van der Waals surface area contributed by atoms with E-state index >= 15 is 0 Å². The van der Waals surface area contributed by atoms with Crippen LogP contribution in [0.3, 0.4) is 0 Å². The van der Waals surface area contributed by atoms with Crippen molar-refractivity contribution in [3.63, 3.8) is 0 Å². The zero-order valence-corrected chi connectivity index (χ0v) is 14.4. The topological polar surface area (TPSA) is 35.5 Å². The van der Waals surface area contributed by atoms with E-state index < -0.39 is 11.0 Å². The third-order valence-electron chi connectivity index (χ3n) is 3.59. The molecule has 112 valence electrons. The van der Waals surface area contributed by atoms with E-state index in [1.54, 1.807) is 0 Å². The molecule has 1 aromatic rings. The monoisotopic (exact) mass is 342 g/mol. The average Bonchev–Trinajstić information content (AvgIpc) is 2.38. The molecule has 0 saturated carbocycles. The Balaban J connectivity index is 2.56. The Morgan fingerprint density at radius 3 is 2.20 bits per heavy atom. The highest BCUT2D eigenvalue weighted by atomic mass is 79.9. The van der Waals surface area contributed by atoms with Gasteiger partial charge in [0.05, 0.1) is 11.0 Å². The van der Waals surface area contributed by atoms with Crippen LogP contribution in [-0.4, -0.2) is 12.8 Å². The molecule has 0 heterocycles. The zero-order chi connectivity index (χ0) is 15.4. The fourth-order valence-electron chi connectivity index (χ4n) is 1.50. The highest BCUT2D eigenvalue weighted by molar-refractivity contribution is 9.10. The van der Waals surface area contributed by atoms with Crippen LogP contribution in [0.5, 0.6) is 0 Å². The molecule has 4 heteroatoms. The van der Waals surface area contributed by atoms with Gasteiger partial charge in [-0.2, -0.15) is 0 Å². The summed E-state index contributed by atoms with van der Waals surface area (Å²) in [6.07, 6.45) is 0.738. The van der Waals surface area contributed by atoms with Crippen LogP contribution in [0.4, 0.5) is 0 Å². The quantitative estimate of drug-likeness (QED) is 0.558. The summed E-state index contributed by atoms with van der Waals surface area (Å²) in [6.45, 7) is 9.58. The van der Waals surface area contributed by atoms with E-state index in [2.05, 4.69) is 15.9 Å². The lowest BCUT2D eigenvalue weighted by Crippen LogP contribution is -2.29. The maximum atomic E-state index is 11.9. The first-order chi connectivity index (χ1) is 9.19. The van der Waals surface area contributed by atoms with Crippen molar-refractivity contribution in [1.82, 2.24) is 0 Å². The normalized spacial score (nSPS) is 12.3. The molecule has 0 aliphatic heterocycles. The first-order valence-electron chi connectivity index (χ1n) is 6.76. The van der Waals surface area contributed by atoms with E-state index in [0.717, 1.165) is 16.5 Å². The van der Waals surface area contributed by atoms with Gasteiger partial charge < -0.3 is 9.47 Å². The molecule has 0 fully saturated rings. The van der Waals surface area contributed by atoms with Crippen molar-refractivity contribution in [3.8, 4) is 0 Å². The van der Waals surface area contributed by atoms with E-state index in [-0.39, 0.29) is 12.8 Å². The predicted octanol–water partition coefficient (Wildman–Crippen LogP) is 4.64. The molecule has 0 saturated heterocycles. The Morgan fingerprint density at radius 1 is 1.15 bits per heavy atom. The molecule has 3 nitrogen and oxygen atoms in total. The molecule has 1 rings (SSSR count). The summed E-state index contributed by atoms with van der Waals surface area (Å²) < 4.78 is 11.9. The fourth-order valence-corrected chi connectivity index (χ4v) is 1.77. The van der Waals surface area contributed by atoms with E-state index in [1.165, 1.54) is 0 Å². The Kier molecular flexibility index (Phi) is 5.78. The van der Waals surface area contributed by atoms with Crippen molar-refractivity contribution in [1.29, 1.82) is 0 Å². The molecule has 1 aromatic carbocycles. The molecule has 20 heavy (non-hydrogen) atoms. The minimum Gasteiger partial charge on any atom is -0.438 e. The van der Waals surface area contributed by atoms with E-state index in [9.17, 15) is 4.79 Å². The molecular weight excluding hydrogens is 320 g/mol. The molecule has 0 bridgehead atoms. The molecule has 0 atom stereocenters. The number of carbonyl (C=O) groups excluding carboxylic acids is 1. The summed E-state index contributed by atoms with van der Waals surface area (Å²) in [5.74, 6) is -0.230. The minimum atomic E-state index is -0.503. The lowest BCUT2D eigenvalue weighted by molar-refractivity contribution is -0.179. The average molecular weight is 343 g/mol. The maximum Gasteiger partial charge on any atom is 0.313 e. The highest BCUT2D eigenvalue weighted by Crippen LogP contribution is 2.27. The highest BCUT2D eigenvalue weighted by Gasteiger charge is 2.28. The largest absolute Gasteiger partial charge is 0.438 e. The van der Waals surface area contributed by atoms with Crippen LogP contribution in [0.15, 0.2) is 28.7 Å².